The van der Waals surface area contributed by atoms with Crippen molar-refractivity contribution in [2.24, 2.45) is 0 Å². The number of allylic oxidation sites excluding steroid dienone is 1. The van der Waals surface area contributed by atoms with E-state index in [0.29, 0.717) is 12.5 Å². The van der Waals surface area contributed by atoms with Gasteiger partial charge in [-0.05, 0) is 50.2 Å². The monoisotopic (exact) mass is 424 g/mol. The molecule has 2 aliphatic carbocycles. The van der Waals surface area contributed by atoms with Gasteiger partial charge in [0.2, 0.25) is 5.91 Å². The molecule has 1 N–H and O–H groups in total. The maximum Gasteiger partial charge on any atom is 0.233 e. The fourth-order valence-corrected chi connectivity index (χ4v) is 5.63. The van der Waals surface area contributed by atoms with Gasteiger partial charge in [-0.15, -0.1) is 16.8 Å². The number of nitrogens with one attached hydrogen (secondary N) is 1. The smallest absolute Gasteiger partial charge is 0.233 e. The molecule has 1 fully saturated rings. The lowest BCUT2D eigenvalue weighted by Crippen LogP contribution is -2.36. The molecule has 4 rings (SSSR count). The average Bonchev–Trinajstić information content (AvgIpc) is 3.17. The van der Waals surface area contributed by atoms with Gasteiger partial charge in [-0.25, -0.2) is 0 Å². The largest absolute Gasteiger partial charge is 0.348 e. The SMILES string of the molecule is C=CCn1c(S[C@H](C)C(=O)N[C@H]2CCCc3ccccc32)nnc1C1CCCCC1. The van der Waals surface area contributed by atoms with Gasteiger partial charge in [-0.1, -0.05) is 61.4 Å². The number of carbonyl (C=O) groups is 1. The molecule has 0 bridgehead atoms. The summed E-state index contributed by atoms with van der Waals surface area (Å²) >= 11 is 1.50. The molecule has 0 spiro atoms. The maximum absolute atomic E-state index is 13.0. The van der Waals surface area contributed by atoms with Gasteiger partial charge < -0.3 is 9.88 Å². The molecule has 2 aliphatic rings. The number of hydrogen-bond acceptors (Lipinski definition) is 4. The summed E-state index contributed by atoms with van der Waals surface area (Å²) in [6, 6.07) is 8.57. The van der Waals surface area contributed by atoms with Crippen molar-refractivity contribution in [2.75, 3.05) is 0 Å². The van der Waals surface area contributed by atoms with Crippen molar-refractivity contribution >= 4 is 17.7 Å². The van der Waals surface area contributed by atoms with Gasteiger partial charge in [-0.2, -0.15) is 0 Å². The van der Waals surface area contributed by atoms with Gasteiger partial charge in [0.1, 0.15) is 5.82 Å². The van der Waals surface area contributed by atoms with Crippen molar-refractivity contribution in [1.29, 1.82) is 0 Å². The molecule has 0 saturated heterocycles. The van der Waals surface area contributed by atoms with Gasteiger partial charge in [0, 0.05) is 12.5 Å². The first-order valence-electron chi connectivity index (χ1n) is 11.3. The molecule has 0 unspecified atom stereocenters. The second kappa shape index (κ2) is 9.82. The Morgan fingerprint density at radius 1 is 1.23 bits per heavy atom. The second-order valence-corrected chi connectivity index (χ2v) is 9.80. The Balaban J connectivity index is 1.44. The molecule has 2 aromatic rings. The Kier molecular flexibility index (Phi) is 6.93. The number of aromatic nitrogens is 3. The molecule has 160 valence electrons. The Morgan fingerprint density at radius 3 is 2.83 bits per heavy atom. The molecule has 6 heteroatoms. The molecule has 1 aromatic carbocycles. The molecular formula is C24H32N4OS. The van der Waals surface area contributed by atoms with Gasteiger partial charge in [0.15, 0.2) is 5.16 Å². The number of carbonyl (C=O) groups excluding carboxylic acids is 1. The van der Waals surface area contributed by atoms with Crippen LogP contribution < -0.4 is 5.32 Å². The van der Waals surface area contributed by atoms with Crippen LogP contribution in [0, 0.1) is 0 Å². The van der Waals surface area contributed by atoms with Crippen molar-refractivity contribution < 1.29 is 4.79 Å². The minimum Gasteiger partial charge on any atom is -0.348 e. The van der Waals surface area contributed by atoms with Crippen LogP contribution in [-0.2, 0) is 17.8 Å². The third kappa shape index (κ3) is 4.64. The van der Waals surface area contributed by atoms with E-state index in [1.807, 2.05) is 13.0 Å². The zero-order valence-electron chi connectivity index (χ0n) is 17.8. The van der Waals surface area contributed by atoms with Gasteiger partial charge in [-0.3, -0.25) is 4.79 Å². The second-order valence-electron chi connectivity index (χ2n) is 8.49. The minimum atomic E-state index is -0.231. The Morgan fingerprint density at radius 2 is 2.03 bits per heavy atom. The molecule has 1 aromatic heterocycles. The summed E-state index contributed by atoms with van der Waals surface area (Å²) in [5, 5.41) is 12.9. The van der Waals surface area contributed by atoms with E-state index in [9.17, 15) is 4.79 Å². The lowest BCUT2D eigenvalue weighted by atomic mass is 9.88. The summed E-state index contributed by atoms with van der Waals surface area (Å²) in [6.45, 7) is 6.56. The van der Waals surface area contributed by atoms with E-state index < -0.39 is 0 Å². The summed E-state index contributed by atoms with van der Waals surface area (Å²) in [5.74, 6) is 1.60. The summed E-state index contributed by atoms with van der Waals surface area (Å²) < 4.78 is 2.16. The zero-order chi connectivity index (χ0) is 20.9. The molecule has 2 atom stereocenters. The highest BCUT2D eigenvalue weighted by molar-refractivity contribution is 8.00. The van der Waals surface area contributed by atoms with E-state index >= 15 is 0 Å². The molecule has 1 amide bonds. The Labute approximate surface area is 183 Å². The van der Waals surface area contributed by atoms with Crippen molar-refractivity contribution in [3.05, 3.63) is 53.9 Å². The number of nitrogens with zero attached hydrogens (tertiary/aromatic N) is 3. The highest BCUT2D eigenvalue weighted by atomic mass is 32.2. The van der Waals surface area contributed by atoms with E-state index in [0.717, 1.165) is 30.2 Å². The average molecular weight is 425 g/mol. The van der Waals surface area contributed by atoms with Crippen molar-refractivity contribution in [3.63, 3.8) is 0 Å². The van der Waals surface area contributed by atoms with Crippen molar-refractivity contribution in [1.82, 2.24) is 20.1 Å². The Hall–Kier alpha value is -2.08. The predicted octanol–water partition coefficient (Wildman–Crippen LogP) is 5.19. The first-order chi connectivity index (χ1) is 14.7. The molecule has 1 heterocycles. The molecule has 30 heavy (non-hydrogen) atoms. The van der Waals surface area contributed by atoms with Crippen LogP contribution in [0.25, 0.3) is 0 Å². The summed E-state index contributed by atoms with van der Waals surface area (Å²) in [4.78, 5) is 13.0. The van der Waals surface area contributed by atoms with Crippen LogP contribution in [0.1, 0.15) is 80.8 Å². The lowest BCUT2D eigenvalue weighted by Gasteiger charge is -2.27. The third-order valence-electron chi connectivity index (χ3n) is 6.36. The topological polar surface area (TPSA) is 59.8 Å². The van der Waals surface area contributed by atoms with Gasteiger partial charge >= 0.3 is 0 Å². The quantitative estimate of drug-likeness (QED) is 0.491. The zero-order valence-corrected chi connectivity index (χ0v) is 18.7. The summed E-state index contributed by atoms with van der Waals surface area (Å²) in [7, 11) is 0. The molecule has 0 radical (unpaired) electrons. The van der Waals surface area contributed by atoms with E-state index in [-0.39, 0.29) is 17.2 Å². The summed E-state index contributed by atoms with van der Waals surface area (Å²) in [5.41, 5.74) is 2.63. The van der Waals surface area contributed by atoms with Crippen LogP contribution in [0.5, 0.6) is 0 Å². The van der Waals surface area contributed by atoms with Crippen LogP contribution in [0.15, 0.2) is 42.1 Å². The normalized spacial score (nSPS) is 20.4. The fourth-order valence-electron chi connectivity index (χ4n) is 4.76. The van der Waals surface area contributed by atoms with Crippen LogP contribution in [0.2, 0.25) is 0 Å². The molecule has 1 saturated carbocycles. The Bertz CT molecular complexity index is 887. The van der Waals surface area contributed by atoms with Gasteiger partial charge in [0.05, 0.1) is 11.3 Å². The number of rotatable bonds is 7. The van der Waals surface area contributed by atoms with E-state index in [1.165, 1.54) is 55.0 Å². The number of amides is 1. The van der Waals surface area contributed by atoms with Crippen LogP contribution in [-0.4, -0.2) is 25.9 Å². The molecular weight excluding hydrogens is 392 g/mol. The van der Waals surface area contributed by atoms with Crippen molar-refractivity contribution in [3.8, 4) is 0 Å². The summed E-state index contributed by atoms with van der Waals surface area (Å²) in [6.07, 6.45) is 11.3. The van der Waals surface area contributed by atoms with Crippen LogP contribution in [0.3, 0.4) is 0 Å². The standard InChI is InChI=1S/C24H32N4OS/c1-3-16-28-22(19-11-5-4-6-12-19)26-27-24(28)30-17(2)23(29)25-21-15-9-13-18-10-7-8-14-20(18)21/h3,7-8,10,14,17,19,21H,1,4-6,9,11-13,15-16H2,2H3,(H,25,29)/t17-,21+/m1/s1. The van der Waals surface area contributed by atoms with Gasteiger partial charge in [0.25, 0.3) is 0 Å². The molecule has 5 nitrogen and oxygen atoms in total. The molecule has 0 aliphatic heterocycles. The van der Waals surface area contributed by atoms with Crippen LogP contribution in [0.4, 0.5) is 0 Å². The fraction of sp³-hybridized carbons (Fsp3) is 0.542. The number of thioether (sulfide) groups is 1. The number of aryl methyl sites for hydroxylation is 1. The maximum atomic E-state index is 13.0. The number of fused-ring (bicyclic) bond motifs is 1. The minimum absolute atomic E-state index is 0.0640. The first kappa shape index (κ1) is 21.2. The lowest BCUT2D eigenvalue weighted by molar-refractivity contribution is -0.121. The predicted molar refractivity (Wildman–Crippen MR) is 122 cm³/mol. The highest BCUT2D eigenvalue weighted by Gasteiger charge is 2.27. The van der Waals surface area contributed by atoms with E-state index in [2.05, 4.69) is 50.9 Å². The van der Waals surface area contributed by atoms with E-state index in [1.54, 1.807) is 0 Å². The van der Waals surface area contributed by atoms with Crippen LogP contribution >= 0.6 is 11.8 Å². The first-order valence-corrected chi connectivity index (χ1v) is 12.1. The number of hydrogen-bond donors (Lipinski definition) is 1. The van der Waals surface area contributed by atoms with Crippen molar-refractivity contribution in [2.45, 2.75) is 87.2 Å². The van der Waals surface area contributed by atoms with E-state index in [4.69, 9.17) is 0 Å². The number of benzene rings is 1. The third-order valence-corrected chi connectivity index (χ3v) is 7.45. The highest BCUT2D eigenvalue weighted by Crippen LogP contribution is 2.34.